The fourth-order valence-electron chi connectivity index (χ4n) is 1.40. The Morgan fingerprint density at radius 2 is 2.18 bits per heavy atom. The van der Waals surface area contributed by atoms with Gasteiger partial charge in [-0.15, -0.1) is 0 Å². The van der Waals surface area contributed by atoms with Crippen LogP contribution in [0.1, 0.15) is 19.8 Å². The summed E-state index contributed by atoms with van der Waals surface area (Å²) in [5, 5.41) is 2.42. The quantitative estimate of drug-likeness (QED) is 0.832. The first-order valence-electron chi connectivity index (χ1n) is 5.50. The number of hydrogen-bond acceptors (Lipinski definition) is 2. The third kappa shape index (κ3) is 4.11. The van der Waals surface area contributed by atoms with Gasteiger partial charge in [-0.25, -0.2) is 8.78 Å². The van der Waals surface area contributed by atoms with E-state index in [0.717, 1.165) is 18.6 Å². The van der Waals surface area contributed by atoms with Gasteiger partial charge in [0.1, 0.15) is 11.6 Å². The molecule has 17 heavy (non-hydrogen) atoms. The normalized spacial score (nSPS) is 12.2. The van der Waals surface area contributed by atoms with E-state index in [-0.39, 0.29) is 17.5 Å². The van der Waals surface area contributed by atoms with E-state index < -0.39 is 11.6 Å². The molecule has 0 bridgehead atoms. The number of carbonyl (C=O) groups is 1. The fraction of sp³-hybridized carbons (Fsp3) is 0.417. The van der Waals surface area contributed by atoms with Crippen LogP contribution >= 0.6 is 0 Å². The van der Waals surface area contributed by atoms with Crippen molar-refractivity contribution in [1.29, 1.82) is 0 Å². The van der Waals surface area contributed by atoms with E-state index in [9.17, 15) is 13.6 Å². The number of carbonyl (C=O) groups excluding carboxylic acids is 1. The number of anilines is 1. The van der Waals surface area contributed by atoms with Crippen LogP contribution in [0.2, 0.25) is 0 Å². The van der Waals surface area contributed by atoms with E-state index in [0.29, 0.717) is 13.0 Å². The summed E-state index contributed by atoms with van der Waals surface area (Å²) in [6.45, 7) is 2.26. The zero-order chi connectivity index (χ0) is 12.8. The van der Waals surface area contributed by atoms with Crippen LogP contribution in [0.15, 0.2) is 18.2 Å². The standard InChI is InChI=1S/C12H16F2N2O/c1-8(3-2-6-15)12(17)16-11-5-4-9(13)7-10(11)14/h4-5,7-8H,2-3,6,15H2,1H3,(H,16,17). The van der Waals surface area contributed by atoms with E-state index in [4.69, 9.17) is 5.73 Å². The Kier molecular flexibility index (Phi) is 5.03. The van der Waals surface area contributed by atoms with Gasteiger partial charge in [0.05, 0.1) is 5.69 Å². The maximum atomic E-state index is 13.3. The highest BCUT2D eigenvalue weighted by atomic mass is 19.1. The van der Waals surface area contributed by atoms with Crippen LogP contribution in [0.25, 0.3) is 0 Å². The smallest absolute Gasteiger partial charge is 0.227 e. The second-order valence-corrected chi connectivity index (χ2v) is 3.95. The Hall–Kier alpha value is -1.49. The summed E-state index contributed by atoms with van der Waals surface area (Å²) in [4.78, 5) is 11.6. The summed E-state index contributed by atoms with van der Waals surface area (Å²) >= 11 is 0. The van der Waals surface area contributed by atoms with Gasteiger partial charge in [0.2, 0.25) is 5.91 Å². The van der Waals surface area contributed by atoms with Gasteiger partial charge in [-0.05, 0) is 31.5 Å². The molecule has 1 aromatic rings. The molecular weight excluding hydrogens is 226 g/mol. The third-order valence-corrected chi connectivity index (χ3v) is 2.48. The van der Waals surface area contributed by atoms with Crippen molar-refractivity contribution in [3.05, 3.63) is 29.8 Å². The van der Waals surface area contributed by atoms with Crippen LogP contribution in [-0.2, 0) is 4.79 Å². The van der Waals surface area contributed by atoms with Gasteiger partial charge >= 0.3 is 0 Å². The lowest BCUT2D eigenvalue weighted by molar-refractivity contribution is -0.119. The number of amides is 1. The summed E-state index contributed by atoms with van der Waals surface area (Å²) in [6.07, 6.45) is 1.38. The highest BCUT2D eigenvalue weighted by molar-refractivity contribution is 5.92. The van der Waals surface area contributed by atoms with Crippen LogP contribution in [0, 0.1) is 17.6 Å². The van der Waals surface area contributed by atoms with Crippen molar-refractivity contribution in [2.24, 2.45) is 11.7 Å². The Bertz CT molecular complexity index is 396. The van der Waals surface area contributed by atoms with Gasteiger partial charge in [-0.1, -0.05) is 6.92 Å². The summed E-state index contributed by atoms with van der Waals surface area (Å²) in [6, 6.07) is 3.04. The molecule has 0 aliphatic carbocycles. The van der Waals surface area contributed by atoms with Gasteiger partial charge in [-0.2, -0.15) is 0 Å². The number of nitrogens with one attached hydrogen (secondary N) is 1. The van der Waals surface area contributed by atoms with Crippen molar-refractivity contribution >= 4 is 11.6 Å². The molecule has 3 N–H and O–H groups in total. The molecule has 1 atom stereocenters. The predicted octanol–water partition coefficient (Wildman–Crippen LogP) is 2.28. The molecule has 1 unspecified atom stereocenters. The predicted molar refractivity (Wildman–Crippen MR) is 62.4 cm³/mol. The number of nitrogens with two attached hydrogens (primary N) is 1. The molecule has 1 aromatic carbocycles. The lowest BCUT2D eigenvalue weighted by Crippen LogP contribution is -2.21. The highest BCUT2D eigenvalue weighted by Gasteiger charge is 2.14. The monoisotopic (exact) mass is 242 g/mol. The average Bonchev–Trinajstić information content (AvgIpc) is 2.29. The molecule has 94 valence electrons. The summed E-state index contributed by atoms with van der Waals surface area (Å²) in [5.74, 6) is -1.98. The van der Waals surface area contributed by atoms with Crippen LogP contribution in [-0.4, -0.2) is 12.5 Å². The van der Waals surface area contributed by atoms with Gasteiger partial charge in [-0.3, -0.25) is 4.79 Å². The molecule has 1 amide bonds. The van der Waals surface area contributed by atoms with Crippen molar-refractivity contribution in [1.82, 2.24) is 0 Å². The van der Waals surface area contributed by atoms with Crippen molar-refractivity contribution in [3.8, 4) is 0 Å². The topological polar surface area (TPSA) is 55.1 Å². The molecule has 0 aliphatic rings. The van der Waals surface area contributed by atoms with Crippen molar-refractivity contribution in [2.45, 2.75) is 19.8 Å². The van der Waals surface area contributed by atoms with E-state index >= 15 is 0 Å². The molecule has 5 heteroatoms. The van der Waals surface area contributed by atoms with Crippen LogP contribution in [0.3, 0.4) is 0 Å². The fourth-order valence-corrected chi connectivity index (χ4v) is 1.40. The van der Waals surface area contributed by atoms with Crippen LogP contribution in [0.5, 0.6) is 0 Å². The summed E-state index contributed by atoms with van der Waals surface area (Å²) < 4.78 is 25.9. The van der Waals surface area contributed by atoms with Gasteiger partial charge in [0.15, 0.2) is 0 Å². The summed E-state index contributed by atoms with van der Waals surface area (Å²) in [7, 11) is 0. The number of benzene rings is 1. The lowest BCUT2D eigenvalue weighted by atomic mass is 10.0. The molecule has 0 heterocycles. The Morgan fingerprint density at radius 3 is 2.76 bits per heavy atom. The van der Waals surface area contributed by atoms with Crippen molar-refractivity contribution in [3.63, 3.8) is 0 Å². The molecule has 3 nitrogen and oxygen atoms in total. The molecule has 1 rings (SSSR count). The van der Waals surface area contributed by atoms with Gasteiger partial charge < -0.3 is 11.1 Å². The molecular formula is C12H16F2N2O. The molecule has 0 aliphatic heterocycles. The van der Waals surface area contributed by atoms with Crippen LogP contribution < -0.4 is 11.1 Å². The first-order valence-corrected chi connectivity index (χ1v) is 5.50. The zero-order valence-electron chi connectivity index (χ0n) is 9.67. The molecule has 0 radical (unpaired) electrons. The first-order chi connectivity index (χ1) is 8.04. The summed E-state index contributed by atoms with van der Waals surface area (Å²) in [5.41, 5.74) is 5.33. The average molecular weight is 242 g/mol. The lowest BCUT2D eigenvalue weighted by Gasteiger charge is -2.12. The second-order valence-electron chi connectivity index (χ2n) is 3.95. The minimum absolute atomic E-state index is 0.00371. The highest BCUT2D eigenvalue weighted by Crippen LogP contribution is 2.16. The molecule has 0 fully saturated rings. The number of hydrogen-bond donors (Lipinski definition) is 2. The maximum absolute atomic E-state index is 13.3. The molecule has 0 saturated carbocycles. The third-order valence-electron chi connectivity index (χ3n) is 2.48. The van der Waals surface area contributed by atoms with E-state index in [2.05, 4.69) is 5.32 Å². The SMILES string of the molecule is CC(CCCN)C(=O)Nc1ccc(F)cc1F. The molecule has 0 aromatic heterocycles. The van der Waals surface area contributed by atoms with E-state index in [1.54, 1.807) is 6.92 Å². The van der Waals surface area contributed by atoms with Crippen molar-refractivity contribution in [2.75, 3.05) is 11.9 Å². The minimum Gasteiger partial charge on any atom is -0.330 e. The first kappa shape index (κ1) is 13.6. The molecule has 0 spiro atoms. The van der Waals surface area contributed by atoms with E-state index in [1.165, 1.54) is 6.07 Å². The van der Waals surface area contributed by atoms with Crippen molar-refractivity contribution < 1.29 is 13.6 Å². The van der Waals surface area contributed by atoms with Crippen LogP contribution in [0.4, 0.5) is 14.5 Å². The Labute approximate surface area is 99.0 Å². The second kappa shape index (κ2) is 6.30. The Morgan fingerprint density at radius 1 is 1.47 bits per heavy atom. The maximum Gasteiger partial charge on any atom is 0.227 e. The zero-order valence-corrected chi connectivity index (χ0v) is 9.67. The minimum atomic E-state index is -0.774. The Balaban J connectivity index is 2.61. The largest absolute Gasteiger partial charge is 0.330 e. The molecule has 0 saturated heterocycles. The number of halogens is 2. The van der Waals surface area contributed by atoms with Gasteiger partial charge in [0, 0.05) is 12.0 Å². The number of rotatable bonds is 5. The van der Waals surface area contributed by atoms with E-state index in [1.807, 2.05) is 0 Å². The van der Waals surface area contributed by atoms with Gasteiger partial charge in [0.25, 0.3) is 0 Å².